The third kappa shape index (κ3) is 8.15. The Morgan fingerprint density at radius 2 is 1.66 bits per heavy atom. The summed E-state index contributed by atoms with van der Waals surface area (Å²) >= 11 is 0. The zero-order chi connectivity index (χ0) is 25.0. The van der Waals surface area contributed by atoms with Crippen LogP contribution in [-0.4, -0.2) is 13.1 Å². The molecular weight excluding hydrogens is 434 g/mol. The van der Waals surface area contributed by atoms with Gasteiger partial charge in [-0.05, 0) is 49.1 Å². The lowest BCUT2D eigenvalue weighted by atomic mass is 9.97. The number of carbonyl (C=O) groups is 1. The van der Waals surface area contributed by atoms with Crippen LogP contribution in [0.25, 0.3) is 0 Å². The van der Waals surface area contributed by atoms with E-state index >= 15 is 0 Å². The first-order chi connectivity index (χ1) is 17.0. The van der Waals surface area contributed by atoms with Crippen LogP contribution in [-0.2, 0) is 6.61 Å². The molecule has 0 radical (unpaired) electrons. The molecule has 2 atom stereocenters. The standard InChI is InChI=1S/C30H39N3O2/c1-5-6-8-13-27(32-23(3)25-16-14-22(2)15-17-25)26-18-19-29(28(20-26)33-30(34)31-4)35-21-24-11-9-7-10-12-24/h7,9-12,14-20,23,27,32H,5-6,8,13,21H2,1-4H3,(H2,31,33,34). The molecule has 0 fully saturated rings. The van der Waals surface area contributed by atoms with E-state index in [1.807, 2.05) is 42.5 Å². The van der Waals surface area contributed by atoms with Crippen LogP contribution in [0.5, 0.6) is 5.75 Å². The molecule has 0 aliphatic rings. The van der Waals surface area contributed by atoms with E-state index in [0.29, 0.717) is 18.0 Å². The van der Waals surface area contributed by atoms with Crippen LogP contribution in [0.15, 0.2) is 72.8 Å². The number of rotatable bonds is 12. The fourth-order valence-corrected chi connectivity index (χ4v) is 4.11. The van der Waals surface area contributed by atoms with Crippen LogP contribution in [0.3, 0.4) is 0 Å². The summed E-state index contributed by atoms with van der Waals surface area (Å²) in [6.45, 7) is 6.98. The second-order valence-corrected chi connectivity index (χ2v) is 9.08. The molecule has 5 heteroatoms. The molecule has 3 rings (SSSR count). The average molecular weight is 474 g/mol. The van der Waals surface area contributed by atoms with Crippen molar-refractivity contribution in [3.8, 4) is 5.75 Å². The number of urea groups is 1. The maximum absolute atomic E-state index is 12.2. The summed E-state index contributed by atoms with van der Waals surface area (Å²) < 4.78 is 6.10. The number of amides is 2. The number of aryl methyl sites for hydroxylation is 1. The minimum absolute atomic E-state index is 0.159. The molecule has 2 amide bonds. The summed E-state index contributed by atoms with van der Waals surface area (Å²) in [6, 6.07) is 24.9. The summed E-state index contributed by atoms with van der Waals surface area (Å²) in [7, 11) is 1.61. The normalized spacial score (nSPS) is 12.6. The number of ether oxygens (including phenoxy) is 1. The van der Waals surface area contributed by atoms with Crippen LogP contribution in [0.1, 0.15) is 73.9 Å². The lowest BCUT2D eigenvalue weighted by Crippen LogP contribution is -2.26. The van der Waals surface area contributed by atoms with E-state index in [9.17, 15) is 4.79 Å². The molecule has 3 N–H and O–H groups in total. The fraction of sp³-hybridized carbons (Fsp3) is 0.367. The molecule has 0 aliphatic heterocycles. The Balaban J connectivity index is 1.84. The van der Waals surface area contributed by atoms with Gasteiger partial charge in [0.05, 0.1) is 5.69 Å². The first kappa shape index (κ1) is 26.3. The Morgan fingerprint density at radius 1 is 0.943 bits per heavy atom. The van der Waals surface area contributed by atoms with Gasteiger partial charge in [-0.1, -0.05) is 92.4 Å². The van der Waals surface area contributed by atoms with Crippen LogP contribution in [0, 0.1) is 6.92 Å². The largest absolute Gasteiger partial charge is 0.487 e. The third-order valence-electron chi connectivity index (χ3n) is 6.24. The van der Waals surface area contributed by atoms with Gasteiger partial charge >= 0.3 is 6.03 Å². The van der Waals surface area contributed by atoms with Gasteiger partial charge in [-0.25, -0.2) is 4.79 Å². The predicted octanol–water partition coefficient (Wildman–Crippen LogP) is 7.30. The number of hydrogen-bond donors (Lipinski definition) is 3. The molecule has 0 aliphatic carbocycles. The highest BCUT2D eigenvalue weighted by Crippen LogP contribution is 2.32. The molecule has 0 saturated heterocycles. The van der Waals surface area contributed by atoms with Gasteiger partial charge < -0.3 is 20.7 Å². The number of hydrogen-bond acceptors (Lipinski definition) is 3. The summed E-state index contributed by atoms with van der Waals surface area (Å²) in [6.07, 6.45) is 4.53. The van der Waals surface area contributed by atoms with Crippen LogP contribution >= 0.6 is 0 Å². The molecule has 0 saturated carbocycles. The summed E-state index contributed by atoms with van der Waals surface area (Å²) in [4.78, 5) is 12.2. The fourth-order valence-electron chi connectivity index (χ4n) is 4.11. The molecule has 3 aromatic carbocycles. The molecule has 0 heterocycles. The zero-order valence-corrected chi connectivity index (χ0v) is 21.4. The number of benzene rings is 3. The Labute approximate surface area is 210 Å². The van der Waals surface area contributed by atoms with Crippen LogP contribution in [0.4, 0.5) is 10.5 Å². The van der Waals surface area contributed by atoms with Gasteiger partial charge in [0.15, 0.2) is 0 Å². The van der Waals surface area contributed by atoms with Crippen molar-refractivity contribution in [3.63, 3.8) is 0 Å². The number of carbonyl (C=O) groups excluding carboxylic acids is 1. The topological polar surface area (TPSA) is 62.4 Å². The van der Waals surface area contributed by atoms with Crippen LogP contribution in [0.2, 0.25) is 0 Å². The highest BCUT2D eigenvalue weighted by Gasteiger charge is 2.18. The minimum Gasteiger partial charge on any atom is -0.487 e. The first-order valence-electron chi connectivity index (χ1n) is 12.6. The van der Waals surface area contributed by atoms with Crippen LogP contribution < -0.4 is 20.7 Å². The van der Waals surface area contributed by atoms with Crippen molar-refractivity contribution in [2.75, 3.05) is 12.4 Å². The highest BCUT2D eigenvalue weighted by atomic mass is 16.5. The Kier molecular flexibility index (Phi) is 10.2. The Bertz CT molecular complexity index is 1050. The van der Waals surface area contributed by atoms with E-state index < -0.39 is 0 Å². The molecule has 186 valence electrons. The SMILES string of the molecule is CCCCCC(NC(C)c1ccc(C)cc1)c1ccc(OCc2ccccc2)c(NC(=O)NC)c1. The average Bonchev–Trinajstić information content (AvgIpc) is 2.88. The number of anilines is 1. The van der Waals surface area contributed by atoms with E-state index in [2.05, 4.69) is 67.1 Å². The smallest absolute Gasteiger partial charge is 0.319 e. The van der Waals surface area contributed by atoms with E-state index in [4.69, 9.17) is 4.74 Å². The Morgan fingerprint density at radius 3 is 2.34 bits per heavy atom. The van der Waals surface area contributed by atoms with Gasteiger partial charge in [0, 0.05) is 19.1 Å². The summed E-state index contributed by atoms with van der Waals surface area (Å²) in [5.74, 6) is 0.653. The summed E-state index contributed by atoms with van der Waals surface area (Å²) in [5.41, 5.74) is 5.41. The number of nitrogens with one attached hydrogen (secondary N) is 3. The summed E-state index contributed by atoms with van der Waals surface area (Å²) in [5, 5.41) is 9.42. The van der Waals surface area contributed by atoms with E-state index in [1.165, 1.54) is 24.0 Å². The van der Waals surface area contributed by atoms with Crippen molar-refractivity contribution in [1.82, 2.24) is 10.6 Å². The van der Waals surface area contributed by atoms with Gasteiger partial charge in [0.1, 0.15) is 12.4 Å². The second-order valence-electron chi connectivity index (χ2n) is 9.08. The molecule has 2 unspecified atom stereocenters. The quantitative estimate of drug-likeness (QED) is 0.242. The van der Waals surface area contributed by atoms with Crippen molar-refractivity contribution >= 4 is 11.7 Å². The third-order valence-corrected chi connectivity index (χ3v) is 6.24. The molecule has 3 aromatic rings. The second kappa shape index (κ2) is 13.5. The number of unbranched alkanes of at least 4 members (excludes halogenated alkanes) is 2. The van der Waals surface area contributed by atoms with Crippen molar-refractivity contribution in [3.05, 3.63) is 95.1 Å². The molecular formula is C30H39N3O2. The lowest BCUT2D eigenvalue weighted by Gasteiger charge is -2.25. The molecule has 0 aromatic heterocycles. The lowest BCUT2D eigenvalue weighted by molar-refractivity contribution is 0.253. The first-order valence-corrected chi connectivity index (χ1v) is 12.6. The predicted molar refractivity (Wildman–Crippen MR) is 145 cm³/mol. The highest BCUT2D eigenvalue weighted by molar-refractivity contribution is 5.90. The van der Waals surface area contributed by atoms with Crippen molar-refractivity contribution in [2.45, 2.75) is 65.1 Å². The van der Waals surface area contributed by atoms with E-state index in [0.717, 1.165) is 24.0 Å². The maximum Gasteiger partial charge on any atom is 0.319 e. The molecule has 0 spiro atoms. The monoisotopic (exact) mass is 473 g/mol. The molecule has 35 heavy (non-hydrogen) atoms. The van der Waals surface area contributed by atoms with Gasteiger partial charge in [-0.15, -0.1) is 0 Å². The van der Waals surface area contributed by atoms with E-state index in [1.54, 1.807) is 7.05 Å². The minimum atomic E-state index is -0.268. The van der Waals surface area contributed by atoms with Gasteiger partial charge in [-0.3, -0.25) is 0 Å². The molecule has 5 nitrogen and oxygen atoms in total. The van der Waals surface area contributed by atoms with Gasteiger partial charge in [0.25, 0.3) is 0 Å². The van der Waals surface area contributed by atoms with E-state index in [-0.39, 0.29) is 18.1 Å². The van der Waals surface area contributed by atoms with Crippen molar-refractivity contribution in [1.29, 1.82) is 0 Å². The van der Waals surface area contributed by atoms with Gasteiger partial charge in [-0.2, -0.15) is 0 Å². The molecule has 0 bridgehead atoms. The van der Waals surface area contributed by atoms with Gasteiger partial charge in [0.2, 0.25) is 0 Å². The van der Waals surface area contributed by atoms with Crippen molar-refractivity contribution < 1.29 is 9.53 Å². The zero-order valence-electron chi connectivity index (χ0n) is 21.4. The maximum atomic E-state index is 12.2. The Hall–Kier alpha value is -3.31. The van der Waals surface area contributed by atoms with Crippen molar-refractivity contribution in [2.24, 2.45) is 0 Å².